The van der Waals surface area contributed by atoms with Crippen LogP contribution in [-0.2, 0) is 14.3 Å². The molecule has 0 unspecified atom stereocenters. The molecule has 6 heteroatoms. The van der Waals surface area contributed by atoms with Crippen LogP contribution in [0.2, 0.25) is 0 Å². The van der Waals surface area contributed by atoms with E-state index in [4.69, 9.17) is 4.74 Å². The van der Waals surface area contributed by atoms with Gasteiger partial charge >= 0.3 is 5.97 Å². The normalized spacial score (nSPS) is 12.5. The van der Waals surface area contributed by atoms with Gasteiger partial charge in [0.05, 0.1) is 21.1 Å². The third-order valence-corrected chi connectivity index (χ3v) is 1.48. The van der Waals surface area contributed by atoms with E-state index < -0.39 is 18.0 Å². The van der Waals surface area contributed by atoms with Crippen molar-refractivity contribution >= 4 is 24.3 Å². The van der Waals surface area contributed by atoms with Crippen LogP contribution in [0.3, 0.4) is 0 Å². The summed E-state index contributed by atoms with van der Waals surface area (Å²) in [5.41, 5.74) is 0. The second-order valence-corrected chi connectivity index (χ2v) is 4.28. The molecule has 0 fully saturated rings. The molecule has 0 rings (SSSR count). The van der Waals surface area contributed by atoms with Crippen molar-refractivity contribution in [1.82, 2.24) is 0 Å². The lowest BCUT2D eigenvalue weighted by atomic mass is 10.2. The maximum absolute atomic E-state index is 10.7. The summed E-state index contributed by atoms with van der Waals surface area (Å²) in [6.07, 6.45) is -0.868. The minimum absolute atomic E-state index is 0. The highest BCUT2D eigenvalue weighted by Gasteiger charge is 2.20. The van der Waals surface area contributed by atoms with Gasteiger partial charge in [0.2, 0.25) is 0 Å². The maximum atomic E-state index is 10.7. The summed E-state index contributed by atoms with van der Waals surface area (Å²) in [5.74, 6) is -1.67. The minimum atomic E-state index is -1.20. The number of aliphatic carboxylic acids is 1. The summed E-state index contributed by atoms with van der Waals surface area (Å²) >= 11 is 0. The van der Waals surface area contributed by atoms with Crippen molar-refractivity contribution in [3.63, 3.8) is 0 Å². The number of likely N-dealkylation sites (N-methyl/N-ethyl adjacent to an activating group) is 1. The number of carboxylic acids is 1. The van der Waals surface area contributed by atoms with Crippen molar-refractivity contribution in [3.05, 3.63) is 0 Å². The van der Waals surface area contributed by atoms with Crippen LogP contribution in [0.25, 0.3) is 0 Å². The van der Waals surface area contributed by atoms with Gasteiger partial charge in [0.15, 0.2) is 6.10 Å². The molecule has 0 N–H and O–H groups in total. The van der Waals surface area contributed by atoms with Crippen LogP contribution >= 0.6 is 12.4 Å². The summed E-state index contributed by atoms with van der Waals surface area (Å²) in [6, 6.07) is 0. The molecule has 0 aromatic rings. The highest BCUT2D eigenvalue weighted by Crippen LogP contribution is 2.04. The molecule has 0 aliphatic rings. The quantitative estimate of drug-likeness (QED) is 0.358. The number of esters is 1. The molecule has 0 saturated heterocycles. The van der Waals surface area contributed by atoms with Gasteiger partial charge in [-0.3, -0.25) is 4.79 Å². The van der Waals surface area contributed by atoms with Crippen molar-refractivity contribution in [1.29, 1.82) is 0 Å². The zero-order valence-corrected chi connectivity index (χ0v) is 10.3. The number of carbonyl (C=O) groups excluding carboxylic acids is 2. The van der Waals surface area contributed by atoms with Crippen LogP contribution in [-0.4, -0.2) is 50.2 Å². The first-order valence-corrected chi connectivity index (χ1v) is 4.38. The van der Waals surface area contributed by atoms with Gasteiger partial charge in [0.25, 0.3) is 0 Å². The number of carbonyl (C=O) groups is 2. The number of hydrogen-bond acceptors (Lipinski definition) is 4. The van der Waals surface area contributed by atoms with E-state index in [1.807, 2.05) is 21.1 Å². The van der Waals surface area contributed by atoms with Crippen LogP contribution in [0.15, 0.2) is 0 Å². The van der Waals surface area contributed by atoms with Crippen molar-refractivity contribution in [3.8, 4) is 0 Å². The van der Waals surface area contributed by atoms with Crippen molar-refractivity contribution in [2.75, 3.05) is 27.7 Å². The Balaban J connectivity index is 0. The Labute approximate surface area is 96.0 Å². The third kappa shape index (κ3) is 11.1. The van der Waals surface area contributed by atoms with Crippen LogP contribution in [0.5, 0.6) is 0 Å². The molecule has 0 aliphatic heterocycles. The summed E-state index contributed by atoms with van der Waals surface area (Å²) in [4.78, 5) is 21.0. The fraction of sp³-hybridized carbons (Fsp3) is 0.778. The molecule has 0 aliphatic carbocycles. The number of ether oxygens (including phenoxy) is 1. The highest BCUT2D eigenvalue weighted by molar-refractivity contribution is 5.85. The Morgan fingerprint density at radius 3 is 2.07 bits per heavy atom. The lowest BCUT2D eigenvalue weighted by molar-refractivity contribution is -0.873. The average Bonchev–Trinajstić information content (AvgIpc) is 1.77. The van der Waals surface area contributed by atoms with Crippen LogP contribution in [0.1, 0.15) is 13.3 Å². The first-order chi connectivity index (χ1) is 6.20. The minimum Gasteiger partial charge on any atom is -0.550 e. The van der Waals surface area contributed by atoms with Crippen LogP contribution in [0.4, 0.5) is 0 Å². The van der Waals surface area contributed by atoms with Gasteiger partial charge in [-0.1, -0.05) is 0 Å². The predicted molar refractivity (Wildman–Crippen MR) is 55.3 cm³/mol. The second kappa shape index (κ2) is 6.63. The molecule has 0 heterocycles. The summed E-state index contributed by atoms with van der Waals surface area (Å²) in [7, 11) is 5.68. The maximum Gasteiger partial charge on any atom is 0.303 e. The monoisotopic (exact) mass is 240 g/mol. The molecule has 15 heavy (non-hydrogen) atoms. The molecule has 0 aromatic carbocycles. The molecule has 1 atom stereocenters. The number of quaternary nitrogens is 1. The van der Waals surface area contributed by atoms with Gasteiger partial charge in [-0.25, -0.2) is 0 Å². The molecule has 0 saturated carbocycles. The Hall–Kier alpha value is -0.810. The Morgan fingerprint density at radius 2 is 1.80 bits per heavy atom. The predicted octanol–water partition coefficient (Wildman–Crippen LogP) is -0.814. The summed E-state index contributed by atoms with van der Waals surface area (Å²) in [6.45, 7) is 1.71. The first-order valence-electron chi connectivity index (χ1n) is 4.38. The van der Waals surface area contributed by atoms with E-state index in [9.17, 15) is 14.7 Å². The fourth-order valence-electron chi connectivity index (χ4n) is 1.17. The Bertz CT molecular complexity index is 209. The van der Waals surface area contributed by atoms with Crippen LogP contribution < -0.4 is 5.11 Å². The van der Waals surface area contributed by atoms with Gasteiger partial charge in [0.1, 0.15) is 6.54 Å². The van der Waals surface area contributed by atoms with Crippen molar-refractivity contribution < 1.29 is 23.9 Å². The van der Waals surface area contributed by atoms with E-state index >= 15 is 0 Å². The zero-order chi connectivity index (χ0) is 11.4. The third-order valence-electron chi connectivity index (χ3n) is 1.48. The van der Waals surface area contributed by atoms with E-state index in [0.717, 1.165) is 0 Å². The number of rotatable bonds is 5. The molecular formula is C9H18ClNO4. The zero-order valence-electron chi connectivity index (χ0n) is 9.48. The van der Waals surface area contributed by atoms with E-state index in [0.29, 0.717) is 11.0 Å². The van der Waals surface area contributed by atoms with Gasteiger partial charge in [0, 0.05) is 19.3 Å². The summed E-state index contributed by atoms with van der Waals surface area (Å²) in [5, 5.41) is 10.4. The lowest BCUT2D eigenvalue weighted by Gasteiger charge is -2.28. The highest BCUT2D eigenvalue weighted by atomic mass is 35.5. The molecule has 0 amide bonds. The Morgan fingerprint density at radius 1 is 1.33 bits per heavy atom. The molecule has 0 aromatic heterocycles. The molecule has 90 valence electrons. The second-order valence-electron chi connectivity index (χ2n) is 4.28. The molecule has 0 spiro atoms. The smallest absolute Gasteiger partial charge is 0.303 e. The van der Waals surface area contributed by atoms with Gasteiger partial charge in [-0.05, 0) is 0 Å². The topological polar surface area (TPSA) is 66.4 Å². The fourth-order valence-corrected chi connectivity index (χ4v) is 1.17. The lowest BCUT2D eigenvalue weighted by Crippen LogP contribution is -2.45. The van der Waals surface area contributed by atoms with E-state index in [1.54, 1.807) is 0 Å². The number of halogens is 1. The van der Waals surface area contributed by atoms with Gasteiger partial charge < -0.3 is 19.1 Å². The number of nitrogens with zero attached hydrogens (tertiary/aromatic N) is 1. The van der Waals surface area contributed by atoms with E-state index in [2.05, 4.69) is 0 Å². The average molecular weight is 241 g/mol. The van der Waals surface area contributed by atoms with Gasteiger partial charge in [-0.2, -0.15) is 0 Å². The van der Waals surface area contributed by atoms with E-state index in [1.165, 1.54) is 6.92 Å². The Kier molecular flexibility index (Phi) is 7.35. The summed E-state index contributed by atoms with van der Waals surface area (Å²) < 4.78 is 5.39. The molecular weight excluding hydrogens is 223 g/mol. The largest absolute Gasteiger partial charge is 0.550 e. The molecule has 0 bridgehead atoms. The number of carboxylic acid groups (broad SMARTS) is 1. The molecule has 0 radical (unpaired) electrons. The van der Waals surface area contributed by atoms with Crippen molar-refractivity contribution in [2.45, 2.75) is 19.4 Å². The van der Waals surface area contributed by atoms with E-state index in [-0.39, 0.29) is 18.8 Å². The van der Waals surface area contributed by atoms with Crippen LogP contribution in [0, 0.1) is 0 Å². The van der Waals surface area contributed by atoms with Crippen molar-refractivity contribution in [2.24, 2.45) is 0 Å². The number of hydrogen-bond donors (Lipinski definition) is 0. The molecule has 5 nitrogen and oxygen atoms in total. The van der Waals surface area contributed by atoms with Gasteiger partial charge in [-0.15, -0.1) is 12.4 Å². The SMILES string of the molecule is C[13C](=O)O[C@H](CC(=O)[O-])C[N+](C)(C)C.Cl. The first kappa shape index (κ1) is 16.6. The standard InChI is InChI=1S/C9H17NO4.ClH/c1-7(11)14-8(5-9(12)13)6-10(2,3)4;/h8H,5-6H2,1-4H3;1H/t8-;/m1./s1/i7+1;.